The predicted octanol–water partition coefficient (Wildman–Crippen LogP) is 4.10. The average molecular weight is 427 g/mol. The highest BCUT2D eigenvalue weighted by atomic mass is 16.5. The van der Waals surface area contributed by atoms with Crippen LogP contribution in [0.25, 0.3) is 23.1 Å². The van der Waals surface area contributed by atoms with E-state index in [1.54, 1.807) is 49.7 Å². The molecule has 32 heavy (non-hydrogen) atoms. The first-order valence-corrected chi connectivity index (χ1v) is 9.92. The summed E-state index contributed by atoms with van der Waals surface area (Å²) in [6.07, 6.45) is 5.18. The molecule has 8 nitrogen and oxygen atoms in total. The molecule has 0 saturated carbocycles. The van der Waals surface area contributed by atoms with Crippen LogP contribution in [0.1, 0.15) is 17.8 Å². The van der Waals surface area contributed by atoms with E-state index in [0.717, 1.165) is 22.3 Å². The fourth-order valence-corrected chi connectivity index (χ4v) is 3.14. The minimum Gasteiger partial charge on any atom is -0.497 e. The maximum Gasteiger partial charge on any atom is 0.233 e. The van der Waals surface area contributed by atoms with Crippen molar-refractivity contribution in [1.82, 2.24) is 15.2 Å². The van der Waals surface area contributed by atoms with Crippen molar-refractivity contribution in [2.75, 3.05) is 17.7 Å². The molecule has 0 saturated heterocycles. The summed E-state index contributed by atoms with van der Waals surface area (Å²) in [5, 5.41) is 13.6. The summed E-state index contributed by atoms with van der Waals surface area (Å²) in [7, 11) is 1.55. The molecule has 0 bridgehead atoms. The van der Waals surface area contributed by atoms with Crippen LogP contribution in [0.4, 0.5) is 11.4 Å². The van der Waals surface area contributed by atoms with Gasteiger partial charge in [0, 0.05) is 29.0 Å². The monoisotopic (exact) mass is 427 g/mol. The van der Waals surface area contributed by atoms with Crippen LogP contribution in [-0.2, 0) is 9.59 Å². The number of hydrogen-bond donors (Lipinski definition) is 3. The maximum atomic E-state index is 12.3. The summed E-state index contributed by atoms with van der Waals surface area (Å²) in [6, 6.07) is 18.0. The van der Waals surface area contributed by atoms with E-state index in [2.05, 4.69) is 25.8 Å². The molecule has 8 heteroatoms. The summed E-state index contributed by atoms with van der Waals surface area (Å²) in [4.78, 5) is 28.7. The molecular formula is C24H21N5O3. The number of rotatable bonds is 7. The van der Waals surface area contributed by atoms with Gasteiger partial charge in [0.2, 0.25) is 11.8 Å². The van der Waals surface area contributed by atoms with E-state index in [1.807, 2.05) is 36.4 Å². The van der Waals surface area contributed by atoms with Crippen LogP contribution in [0.3, 0.4) is 0 Å². The van der Waals surface area contributed by atoms with E-state index in [1.165, 1.54) is 0 Å². The molecule has 2 amide bonds. The van der Waals surface area contributed by atoms with Crippen molar-refractivity contribution in [3.05, 3.63) is 78.2 Å². The van der Waals surface area contributed by atoms with Crippen LogP contribution in [0.15, 0.2) is 66.9 Å². The molecule has 0 aliphatic heterocycles. The van der Waals surface area contributed by atoms with Gasteiger partial charge in [0.25, 0.3) is 0 Å². The summed E-state index contributed by atoms with van der Waals surface area (Å²) in [6.45, 7) is 0. The van der Waals surface area contributed by atoms with Gasteiger partial charge in [-0.3, -0.25) is 19.7 Å². The van der Waals surface area contributed by atoms with Crippen LogP contribution in [0.2, 0.25) is 0 Å². The van der Waals surface area contributed by atoms with E-state index in [0.29, 0.717) is 17.1 Å². The van der Waals surface area contributed by atoms with E-state index >= 15 is 0 Å². The number of fused-ring (bicyclic) bond motifs is 1. The van der Waals surface area contributed by atoms with Crippen molar-refractivity contribution >= 4 is 46.2 Å². The molecule has 4 rings (SSSR count). The highest BCUT2D eigenvalue weighted by Crippen LogP contribution is 2.22. The number of H-pyrrole nitrogens is 1. The van der Waals surface area contributed by atoms with E-state index in [9.17, 15) is 9.59 Å². The van der Waals surface area contributed by atoms with Gasteiger partial charge in [0.15, 0.2) is 0 Å². The van der Waals surface area contributed by atoms with Gasteiger partial charge < -0.3 is 15.4 Å². The Labute approximate surface area is 184 Å². The number of hydrogen-bond acceptors (Lipinski definition) is 5. The SMILES string of the molecule is COc1cccc(NC(=O)CC(=O)Nc2ccc3c(/C=C/c4ccccn4)n[nH]c3c2)c1. The predicted molar refractivity (Wildman–Crippen MR) is 124 cm³/mol. The van der Waals surface area contributed by atoms with Crippen LogP contribution in [0, 0.1) is 0 Å². The fourth-order valence-electron chi connectivity index (χ4n) is 3.14. The largest absolute Gasteiger partial charge is 0.497 e. The Balaban J connectivity index is 1.38. The minimum absolute atomic E-state index is 0.309. The normalized spacial score (nSPS) is 10.9. The number of pyridine rings is 1. The Morgan fingerprint density at radius 2 is 1.78 bits per heavy atom. The van der Waals surface area contributed by atoms with Crippen LogP contribution >= 0.6 is 0 Å². The van der Waals surface area contributed by atoms with Crippen LogP contribution < -0.4 is 15.4 Å². The topological polar surface area (TPSA) is 109 Å². The summed E-state index contributed by atoms with van der Waals surface area (Å²) in [5.74, 6) is -0.214. The standard InChI is InChI=1S/C24H21N5O3/c1-32-19-7-4-6-17(13-19)26-23(30)15-24(31)27-18-8-10-20-21(28-29-22(20)14-18)11-9-16-5-2-3-12-25-16/h2-14H,15H2,1H3,(H,26,30)(H,27,31)(H,28,29)/b11-9+. The molecular weight excluding hydrogens is 406 g/mol. The number of anilines is 2. The molecule has 0 atom stereocenters. The number of nitrogens with one attached hydrogen (secondary N) is 3. The second kappa shape index (κ2) is 9.57. The fraction of sp³-hybridized carbons (Fsp3) is 0.0833. The summed E-state index contributed by atoms with van der Waals surface area (Å²) < 4.78 is 5.13. The lowest BCUT2D eigenvalue weighted by atomic mass is 10.1. The number of amides is 2. The molecule has 0 unspecified atom stereocenters. The van der Waals surface area contributed by atoms with Gasteiger partial charge in [-0.05, 0) is 54.6 Å². The van der Waals surface area contributed by atoms with Crippen LogP contribution in [-0.4, -0.2) is 34.1 Å². The van der Waals surface area contributed by atoms with Gasteiger partial charge in [-0.1, -0.05) is 12.1 Å². The van der Waals surface area contributed by atoms with Crippen molar-refractivity contribution in [3.8, 4) is 5.75 Å². The lowest BCUT2D eigenvalue weighted by Crippen LogP contribution is -2.21. The Morgan fingerprint density at radius 3 is 2.53 bits per heavy atom. The third-order valence-corrected chi connectivity index (χ3v) is 4.65. The molecule has 0 fully saturated rings. The van der Waals surface area contributed by atoms with Gasteiger partial charge >= 0.3 is 0 Å². The second-order valence-corrected chi connectivity index (χ2v) is 6.96. The highest BCUT2D eigenvalue weighted by Gasteiger charge is 2.12. The van der Waals surface area contributed by atoms with Gasteiger partial charge in [0.05, 0.1) is 24.0 Å². The van der Waals surface area contributed by atoms with Crippen molar-refractivity contribution in [2.24, 2.45) is 0 Å². The highest BCUT2D eigenvalue weighted by molar-refractivity contribution is 6.08. The summed E-state index contributed by atoms with van der Waals surface area (Å²) >= 11 is 0. The molecule has 4 aromatic rings. The molecule has 0 radical (unpaired) electrons. The Bertz CT molecular complexity index is 1280. The minimum atomic E-state index is -0.417. The molecule has 2 heterocycles. The van der Waals surface area contributed by atoms with Gasteiger partial charge in [-0.2, -0.15) is 5.10 Å². The molecule has 0 spiro atoms. The van der Waals surface area contributed by atoms with Gasteiger partial charge in [-0.15, -0.1) is 0 Å². The molecule has 2 aromatic carbocycles. The first-order valence-electron chi connectivity index (χ1n) is 9.92. The van der Waals surface area contributed by atoms with E-state index < -0.39 is 11.8 Å². The average Bonchev–Trinajstić information content (AvgIpc) is 3.20. The Kier molecular flexibility index (Phi) is 6.22. The number of methoxy groups -OCH3 is 1. The van der Waals surface area contributed by atoms with Crippen LogP contribution in [0.5, 0.6) is 5.75 Å². The number of aromatic nitrogens is 3. The lowest BCUT2D eigenvalue weighted by Gasteiger charge is -2.08. The molecule has 2 aromatic heterocycles. The molecule has 0 aliphatic rings. The zero-order valence-corrected chi connectivity index (χ0v) is 17.3. The van der Waals surface area contributed by atoms with E-state index in [4.69, 9.17) is 4.74 Å². The summed E-state index contributed by atoms with van der Waals surface area (Å²) in [5.41, 5.74) is 3.50. The first kappa shape index (κ1) is 20.8. The lowest BCUT2D eigenvalue weighted by molar-refractivity contribution is -0.123. The zero-order valence-electron chi connectivity index (χ0n) is 17.3. The number of aromatic amines is 1. The number of carbonyl (C=O) groups is 2. The Hall–Kier alpha value is -4.46. The zero-order chi connectivity index (χ0) is 22.3. The number of carbonyl (C=O) groups excluding carboxylic acids is 2. The Morgan fingerprint density at radius 1 is 0.969 bits per heavy atom. The maximum absolute atomic E-state index is 12.3. The first-order chi connectivity index (χ1) is 15.6. The third kappa shape index (κ3) is 5.17. The van der Waals surface area contributed by atoms with Crippen molar-refractivity contribution in [1.29, 1.82) is 0 Å². The third-order valence-electron chi connectivity index (χ3n) is 4.65. The quantitative estimate of drug-likeness (QED) is 0.385. The van der Waals surface area contributed by atoms with Gasteiger partial charge in [0.1, 0.15) is 12.2 Å². The van der Waals surface area contributed by atoms with Gasteiger partial charge in [-0.25, -0.2) is 0 Å². The van der Waals surface area contributed by atoms with Crippen molar-refractivity contribution in [3.63, 3.8) is 0 Å². The molecule has 0 aliphatic carbocycles. The smallest absolute Gasteiger partial charge is 0.233 e. The molecule has 160 valence electrons. The number of benzene rings is 2. The second-order valence-electron chi connectivity index (χ2n) is 6.96. The number of nitrogens with zero attached hydrogens (tertiary/aromatic N) is 2. The number of ether oxygens (including phenoxy) is 1. The van der Waals surface area contributed by atoms with E-state index in [-0.39, 0.29) is 6.42 Å². The van der Waals surface area contributed by atoms with Crippen molar-refractivity contribution < 1.29 is 14.3 Å². The molecule has 3 N–H and O–H groups in total. The van der Waals surface area contributed by atoms with Crippen molar-refractivity contribution in [2.45, 2.75) is 6.42 Å².